The van der Waals surface area contributed by atoms with Crippen LogP contribution in [0.15, 0.2) is 48.7 Å². The molecule has 0 spiro atoms. The molecule has 1 aromatic heterocycles. The Labute approximate surface area is 158 Å². The fourth-order valence-electron chi connectivity index (χ4n) is 4.21. The number of benzene rings is 3. The second-order valence-electron chi connectivity index (χ2n) is 7.31. The minimum absolute atomic E-state index is 0.385. The summed E-state index contributed by atoms with van der Waals surface area (Å²) in [6.45, 7) is 11.9. The van der Waals surface area contributed by atoms with Gasteiger partial charge in [-0.3, -0.25) is 0 Å². The van der Waals surface area contributed by atoms with Crippen LogP contribution in [0.4, 0.5) is 0 Å². The zero-order chi connectivity index (χ0) is 18.7. The van der Waals surface area contributed by atoms with Crippen molar-refractivity contribution in [3.05, 3.63) is 76.8 Å². The predicted octanol–water partition coefficient (Wildman–Crippen LogP) is 5.63. The molecule has 27 heavy (non-hydrogen) atoms. The number of fused-ring (bicyclic) bond motifs is 4. The summed E-state index contributed by atoms with van der Waals surface area (Å²) in [5, 5.41) is 4.57. The maximum absolute atomic E-state index is 7.18. The second kappa shape index (κ2) is 5.56. The minimum atomic E-state index is 0.385. The van der Waals surface area contributed by atoms with E-state index in [1.807, 2.05) is 12.1 Å². The maximum Gasteiger partial charge on any atom is 0.257 e. The first kappa shape index (κ1) is 15.8. The molecule has 0 saturated heterocycles. The van der Waals surface area contributed by atoms with Crippen molar-refractivity contribution in [2.75, 3.05) is 0 Å². The van der Waals surface area contributed by atoms with Gasteiger partial charge < -0.3 is 9.58 Å². The number of nitrogens with zero attached hydrogens (tertiary/aromatic N) is 2. The maximum atomic E-state index is 7.18. The molecule has 0 bridgehead atoms. The fraction of sp³-hybridized carbons (Fsp3) is 0.167. The van der Waals surface area contributed by atoms with Crippen molar-refractivity contribution in [3.8, 4) is 22.8 Å². The first-order valence-corrected chi connectivity index (χ1v) is 9.08. The van der Waals surface area contributed by atoms with Crippen LogP contribution in [-0.2, 0) is 13.6 Å². The highest BCUT2D eigenvalue weighted by Gasteiger charge is 2.31. The Hall–Kier alpha value is -3.38. The van der Waals surface area contributed by atoms with E-state index in [-0.39, 0.29) is 0 Å². The Kier molecular flexibility index (Phi) is 3.26. The van der Waals surface area contributed by atoms with E-state index in [0.717, 1.165) is 33.5 Å². The molecule has 3 heteroatoms. The van der Waals surface area contributed by atoms with Gasteiger partial charge in [0.1, 0.15) is 12.8 Å². The molecule has 0 radical (unpaired) electrons. The SMILES string of the molecule is [C-]#[N+]Cc1ccc2c[n+](C)c3c(c2c1)Oc1cccc2cc(C)c(C)c-3c12. The van der Waals surface area contributed by atoms with Crippen LogP contribution in [-0.4, -0.2) is 0 Å². The average molecular weight is 351 g/mol. The third-order valence-electron chi connectivity index (χ3n) is 5.62. The second-order valence-corrected chi connectivity index (χ2v) is 7.31. The van der Waals surface area contributed by atoms with Gasteiger partial charge >= 0.3 is 0 Å². The molecule has 0 N–H and O–H groups in total. The van der Waals surface area contributed by atoms with Gasteiger partial charge in [-0.25, -0.2) is 6.57 Å². The third-order valence-corrected chi connectivity index (χ3v) is 5.62. The normalized spacial score (nSPS) is 11.9. The number of hydrogen-bond donors (Lipinski definition) is 0. The summed E-state index contributed by atoms with van der Waals surface area (Å²) in [6, 6.07) is 14.7. The zero-order valence-electron chi connectivity index (χ0n) is 15.6. The van der Waals surface area contributed by atoms with Crippen LogP contribution < -0.4 is 9.30 Å². The number of aryl methyl sites for hydroxylation is 2. The number of hydrogen-bond acceptors (Lipinski definition) is 1. The number of ether oxygens (including phenoxy) is 1. The Balaban J connectivity index is 1.96. The molecule has 0 unspecified atom stereocenters. The van der Waals surface area contributed by atoms with Crippen LogP contribution in [0.1, 0.15) is 16.7 Å². The quantitative estimate of drug-likeness (QED) is 0.283. The van der Waals surface area contributed by atoms with Crippen LogP contribution in [0.25, 0.3) is 37.6 Å². The van der Waals surface area contributed by atoms with Crippen molar-refractivity contribution >= 4 is 21.5 Å². The van der Waals surface area contributed by atoms with Crippen molar-refractivity contribution in [1.82, 2.24) is 0 Å². The van der Waals surface area contributed by atoms with Gasteiger partial charge in [0.05, 0.1) is 5.56 Å². The summed E-state index contributed by atoms with van der Waals surface area (Å²) < 4.78 is 8.64. The molecule has 0 saturated carbocycles. The van der Waals surface area contributed by atoms with E-state index in [1.54, 1.807) is 0 Å². The lowest BCUT2D eigenvalue weighted by Crippen LogP contribution is -2.32. The van der Waals surface area contributed by atoms with Crippen LogP contribution in [0.3, 0.4) is 0 Å². The molecule has 5 rings (SSSR count). The average Bonchev–Trinajstić information content (AvgIpc) is 2.66. The van der Waals surface area contributed by atoms with E-state index >= 15 is 0 Å². The van der Waals surface area contributed by atoms with Crippen LogP contribution in [0, 0.1) is 20.4 Å². The molecule has 1 aliphatic rings. The number of pyridine rings is 1. The summed E-state index contributed by atoms with van der Waals surface area (Å²) in [4.78, 5) is 3.54. The highest BCUT2D eigenvalue weighted by molar-refractivity contribution is 6.07. The summed E-state index contributed by atoms with van der Waals surface area (Å²) in [5.41, 5.74) is 5.94. The molecule has 3 aromatic carbocycles. The fourth-order valence-corrected chi connectivity index (χ4v) is 4.21. The van der Waals surface area contributed by atoms with Gasteiger partial charge in [0.2, 0.25) is 12.3 Å². The molecular weight excluding hydrogens is 332 g/mol. The molecule has 2 heterocycles. The van der Waals surface area contributed by atoms with Gasteiger partial charge in [0.25, 0.3) is 5.69 Å². The lowest BCUT2D eigenvalue weighted by atomic mass is 9.90. The molecule has 0 aliphatic carbocycles. The third kappa shape index (κ3) is 2.17. The lowest BCUT2D eigenvalue weighted by Gasteiger charge is -2.22. The molecule has 3 nitrogen and oxygen atoms in total. The van der Waals surface area contributed by atoms with E-state index in [1.165, 1.54) is 27.5 Å². The first-order valence-electron chi connectivity index (χ1n) is 9.08. The molecule has 0 fully saturated rings. The van der Waals surface area contributed by atoms with Gasteiger partial charge in [-0.15, -0.1) is 0 Å². The Morgan fingerprint density at radius 2 is 1.93 bits per heavy atom. The zero-order valence-corrected chi connectivity index (χ0v) is 15.6. The largest absolute Gasteiger partial charge is 0.449 e. The van der Waals surface area contributed by atoms with Crippen molar-refractivity contribution < 1.29 is 9.30 Å². The van der Waals surface area contributed by atoms with Gasteiger partial charge in [-0.2, -0.15) is 4.57 Å². The highest BCUT2D eigenvalue weighted by Crippen LogP contribution is 2.49. The van der Waals surface area contributed by atoms with E-state index in [0.29, 0.717) is 6.54 Å². The lowest BCUT2D eigenvalue weighted by molar-refractivity contribution is -0.659. The van der Waals surface area contributed by atoms with Crippen molar-refractivity contribution in [2.24, 2.45) is 7.05 Å². The van der Waals surface area contributed by atoms with Crippen LogP contribution >= 0.6 is 0 Å². The topological polar surface area (TPSA) is 17.5 Å². The van der Waals surface area contributed by atoms with E-state index in [2.05, 4.69) is 66.8 Å². The molecule has 1 aliphatic heterocycles. The summed E-state index contributed by atoms with van der Waals surface area (Å²) in [6.07, 6.45) is 2.15. The monoisotopic (exact) mass is 351 g/mol. The van der Waals surface area contributed by atoms with Gasteiger partial charge in [0.15, 0.2) is 6.20 Å². The Morgan fingerprint density at radius 3 is 2.74 bits per heavy atom. The molecule has 0 atom stereocenters. The van der Waals surface area contributed by atoms with Crippen molar-refractivity contribution in [3.63, 3.8) is 0 Å². The molecule has 4 aromatic rings. The van der Waals surface area contributed by atoms with Gasteiger partial charge in [0, 0.05) is 21.7 Å². The minimum Gasteiger partial charge on any atom is -0.449 e. The summed E-state index contributed by atoms with van der Waals surface area (Å²) >= 11 is 0. The predicted molar refractivity (Wildman–Crippen MR) is 108 cm³/mol. The molecule has 130 valence electrons. The summed E-state index contributed by atoms with van der Waals surface area (Å²) in [5.74, 6) is 1.79. The van der Waals surface area contributed by atoms with Crippen LogP contribution in [0.5, 0.6) is 11.5 Å². The van der Waals surface area contributed by atoms with E-state index in [4.69, 9.17) is 11.3 Å². The van der Waals surface area contributed by atoms with Crippen molar-refractivity contribution in [2.45, 2.75) is 20.4 Å². The van der Waals surface area contributed by atoms with E-state index < -0.39 is 0 Å². The van der Waals surface area contributed by atoms with Crippen molar-refractivity contribution in [1.29, 1.82) is 0 Å². The molecule has 0 amide bonds. The highest BCUT2D eigenvalue weighted by atomic mass is 16.5. The number of aromatic nitrogens is 1. The Bertz CT molecular complexity index is 1310. The standard InChI is InChI=1S/C24H19N2O/c1-14-10-17-6-5-7-20-22(17)21(15(14)2)23-24(27-20)19-11-16(12-25-3)8-9-18(19)13-26(23)4/h5-11,13H,12H2,1-2,4H3/q+1. The Morgan fingerprint density at radius 1 is 1.07 bits per heavy atom. The van der Waals surface area contributed by atoms with Gasteiger partial charge in [-0.1, -0.05) is 24.3 Å². The van der Waals surface area contributed by atoms with Crippen LogP contribution in [0.2, 0.25) is 0 Å². The summed E-state index contributed by atoms with van der Waals surface area (Å²) in [7, 11) is 2.08. The smallest absolute Gasteiger partial charge is 0.257 e. The molecular formula is C24H19N2O+. The first-order chi connectivity index (χ1) is 13.1. The van der Waals surface area contributed by atoms with Gasteiger partial charge in [-0.05, 0) is 48.6 Å². The number of rotatable bonds is 1. The van der Waals surface area contributed by atoms with E-state index in [9.17, 15) is 0 Å².